The maximum absolute atomic E-state index is 13.7. The highest BCUT2D eigenvalue weighted by atomic mass is 32.1. The summed E-state index contributed by atoms with van der Waals surface area (Å²) in [5.41, 5.74) is 2.99. The average molecular weight is 440 g/mol. The van der Waals surface area contributed by atoms with Crippen molar-refractivity contribution in [2.24, 2.45) is 0 Å². The zero-order chi connectivity index (χ0) is 22.3. The molecule has 1 N–H and O–H groups in total. The van der Waals surface area contributed by atoms with E-state index in [1.807, 2.05) is 20.8 Å². The molecule has 0 aliphatic rings. The molecule has 31 heavy (non-hydrogen) atoms. The number of nitrogens with one attached hydrogen (secondary N) is 1. The lowest BCUT2D eigenvalue weighted by atomic mass is 10.1. The molecule has 0 aliphatic carbocycles. The van der Waals surface area contributed by atoms with E-state index in [9.17, 15) is 14.0 Å². The quantitative estimate of drug-likeness (QED) is 0.517. The number of carbonyl (C=O) groups excluding carboxylic acids is 1. The summed E-state index contributed by atoms with van der Waals surface area (Å²) >= 11 is 1.32. The molecular formula is C22H22FN5O2S. The Morgan fingerprint density at radius 1 is 1.26 bits per heavy atom. The molecule has 0 radical (unpaired) electrons. The Kier molecular flexibility index (Phi) is 5.45. The molecule has 9 heteroatoms. The van der Waals surface area contributed by atoms with Crippen LogP contribution in [0, 0.1) is 19.7 Å². The number of carbonyl (C=O) groups is 1. The second-order valence-corrected chi connectivity index (χ2v) is 8.52. The van der Waals surface area contributed by atoms with Crippen molar-refractivity contribution in [3.63, 3.8) is 0 Å². The van der Waals surface area contributed by atoms with E-state index in [0.717, 1.165) is 5.69 Å². The third kappa shape index (κ3) is 4.00. The monoisotopic (exact) mass is 439 g/mol. The van der Waals surface area contributed by atoms with E-state index in [1.165, 1.54) is 27.9 Å². The van der Waals surface area contributed by atoms with E-state index in [1.54, 1.807) is 35.2 Å². The lowest BCUT2D eigenvalue weighted by Crippen LogP contribution is -2.32. The van der Waals surface area contributed by atoms with Gasteiger partial charge in [0.05, 0.1) is 23.4 Å². The van der Waals surface area contributed by atoms with Gasteiger partial charge in [0, 0.05) is 22.8 Å². The number of benzene rings is 1. The van der Waals surface area contributed by atoms with Gasteiger partial charge < -0.3 is 5.32 Å². The fourth-order valence-corrected chi connectivity index (χ4v) is 4.45. The Morgan fingerprint density at radius 3 is 2.74 bits per heavy atom. The predicted molar refractivity (Wildman–Crippen MR) is 118 cm³/mol. The van der Waals surface area contributed by atoms with Gasteiger partial charge in [-0.15, -0.1) is 11.3 Å². The first kappa shape index (κ1) is 20.9. The highest BCUT2D eigenvalue weighted by molar-refractivity contribution is 7.15. The normalized spacial score (nSPS) is 11.4. The summed E-state index contributed by atoms with van der Waals surface area (Å²) in [5.74, 6) is -0.522. The van der Waals surface area contributed by atoms with Gasteiger partial charge in [-0.3, -0.25) is 14.0 Å². The number of fused-ring (bicyclic) bond motifs is 1. The minimum atomic E-state index is -0.365. The van der Waals surface area contributed by atoms with Crippen LogP contribution in [0.2, 0.25) is 0 Å². The molecule has 160 valence electrons. The van der Waals surface area contributed by atoms with Crippen molar-refractivity contribution in [2.75, 3.05) is 0 Å². The van der Waals surface area contributed by atoms with Crippen molar-refractivity contribution in [1.29, 1.82) is 0 Å². The van der Waals surface area contributed by atoms with Crippen molar-refractivity contribution in [1.82, 2.24) is 24.5 Å². The summed E-state index contributed by atoms with van der Waals surface area (Å²) in [5, 5.41) is 9.18. The Morgan fingerprint density at radius 2 is 2.03 bits per heavy atom. The summed E-state index contributed by atoms with van der Waals surface area (Å²) < 4.78 is 16.7. The summed E-state index contributed by atoms with van der Waals surface area (Å²) in [6.07, 6.45) is 0.0824. The number of hydrogen-bond donors (Lipinski definition) is 1. The van der Waals surface area contributed by atoms with Gasteiger partial charge in [-0.25, -0.2) is 14.1 Å². The zero-order valence-electron chi connectivity index (χ0n) is 17.6. The summed E-state index contributed by atoms with van der Waals surface area (Å²) in [6.45, 7) is 7.37. The molecule has 1 amide bonds. The number of nitrogens with zero attached hydrogens (tertiary/aromatic N) is 4. The molecule has 3 heterocycles. The van der Waals surface area contributed by atoms with Gasteiger partial charge in [0.1, 0.15) is 11.5 Å². The maximum atomic E-state index is 13.7. The van der Waals surface area contributed by atoms with Gasteiger partial charge in [-0.05, 0) is 52.0 Å². The second kappa shape index (κ2) is 8.07. The number of thiazole rings is 1. The molecule has 0 saturated carbocycles. The maximum Gasteiger partial charge on any atom is 0.268 e. The van der Waals surface area contributed by atoms with E-state index in [4.69, 9.17) is 0 Å². The largest absolute Gasteiger partial charge is 0.354 e. The lowest BCUT2D eigenvalue weighted by molar-refractivity contribution is -0.120. The fourth-order valence-electron chi connectivity index (χ4n) is 3.53. The van der Waals surface area contributed by atoms with Crippen LogP contribution in [0.3, 0.4) is 0 Å². The van der Waals surface area contributed by atoms with Gasteiger partial charge >= 0.3 is 0 Å². The summed E-state index contributed by atoms with van der Waals surface area (Å²) in [7, 11) is 0. The van der Waals surface area contributed by atoms with Crippen molar-refractivity contribution in [2.45, 2.75) is 40.2 Å². The molecular weight excluding hydrogens is 417 g/mol. The number of rotatable bonds is 5. The van der Waals surface area contributed by atoms with Crippen LogP contribution >= 0.6 is 11.3 Å². The van der Waals surface area contributed by atoms with Crippen molar-refractivity contribution >= 4 is 22.2 Å². The number of aromatic nitrogens is 4. The molecule has 4 rings (SSSR count). The third-order valence-corrected chi connectivity index (χ3v) is 5.68. The highest BCUT2D eigenvalue weighted by Crippen LogP contribution is 2.23. The Bertz CT molecular complexity index is 1350. The number of halogens is 1. The van der Waals surface area contributed by atoms with Crippen LogP contribution < -0.4 is 10.9 Å². The molecule has 1 aromatic carbocycles. The molecule has 0 bridgehead atoms. The first-order chi connectivity index (χ1) is 14.7. The summed E-state index contributed by atoms with van der Waals surface area (Å²) in [6, 6.07) is 7.90. The topological polar surface area (TPSA) is 81.3 Å². The van der Waals surface area contributed by atoms with Crippen LogP contribution in [-0.2, 0) is 11.2 Å². The first-order valence-electron chi connectivity index (χ1n) is 9.86. The lowest BCUT2D eigenvalue weighted by Gasteiger charge is -2.09. The highest BCUT2D eigenvalue weighted by Gasteiger charge is 2.20. The molecule has 0 fully saturated rings. The first-order valence-corrected chi connectivity index (χ1v) is 10.7. The number of amides is 1. The molecule has 4 aromatic rings. The smallest absolute Gasteiger partial charge is 0.268 e. The molecule has 0 unspecified atom stereocenters. The van der Waals surface area contributed by atoms with Gasteiger partial charge in [0.15, 0.2) is 4.96 Å². The third-order valence-electron chi connectivity index (χ3n) is 4.81. The Hall–Kier alpha value is -3.33. The van der Waals surface area contributed by atoms with E-state index < -0.39 is 0 Å². The predicted octanol–water partition coefficient (Wildman–Crippen LogP) is 3.43. The number of hydrogen-bond acceptors (Lipinski definition) is 5. The van der Waals surface area contributed by atoms with Crippen LogP contribution in [0.15, 0.2) is 40.5 Å². The van der Waals surface area contributed by atoms with Crippen LogP contribution in [0.5, 0.6) is 0 Å². The Labute approximate surface area is 182 Å². The second-order valence-electron chi connectivity index (χ2n) is 7.68. The molecule has 0 atom stereocenters. The summed E-state index contributed by atoms with van der Waals surface area (Å²) in [4.78, 5) is 30.8. The van der Waals surface area contributed by atoms with Gasteiger partial charge in [-0.2, -0.15) is 5.10 Å². The fraction of sp³-hybridized carbons (Fsp3) is 0.273. The minimum absolute atomic E-state index is 0.0137. The minimum Gasteiger partial charge on any atom is -0.354 e. The zero-order valence-corrected chi connectivity index (χ0v) is 18.5. The van der Waals surface area contributed by atoms with E-state index in [0.29, 0.717) is 33.3 Å². The van der Waals surface area contributed by atoms with Crippen LogP contribution in [0.25, 0.3) is 21.9 Å². The van der Waals surface area contributed by atoms with E-state index in [-0.39, 0.29) is 29.7 Å². The van der Waals surface area contributed by atoms with Crippen LogP contribution in [0.4, 0.5) is 4.39 Å². The van der Waals surface area contributed by atoms with Gasteiger partial charge in [0.25, 0.3) is 5.56 Å². The molecule has 0 spiro atoms. The van der Waals surface area contributed by atoms with Crippen LogP contribution in [-0.4, -0.2) is 31.1 Å². The van der Waals surface area contributed by atoms with E-state index in [2.05, 4.69) is 15.4 Å². The van der Waals surface area contributed by atoms with Gasteiger partial charge in [-0.1, -0.05) is 6.07 Å². The van der Waals surface area contributed by atoms with Gasteiger partial charge in [0.2, 0.25) is 5.91 Å². The van der Waals surface area contributed by atoms with Crippen molar-refractivity contribution < 1.29 is 9.18 Å². The van der Waals surface area contributed by atoms with Crippen molar-refractivity contribution in [3.8, 4) is 16.9 Å². The molecule has 7 nitrogen and oxygen atoms in total. The Balaban J connectivity index is 1.82. The van der Waals surface area contributed by atoms with Crippen molar-refractivity contribution in [3.05, 3.63) is 69.0 Å². The standard InChI is InChI=1S/C22H22FN5O2S/c1-12(2)24-19(29)10-17-11-31-22-25-14(4)20(21(30)27(17)22)18-8-13(3)28(26-18)16-7-5-6-15(23)9-16/h5-9,11-12H,10H2,1-4H3,(H,24,29). The van der Waals surface area contributed by atoms with Crippen LogP contribution in [0.1, 0.15) is 30.9 Å². The molecule has 0 saturated heterocycles. The average Bonchev–Trinajstić information content (AvgIpc) is 3.24. The SMILES string of the molecule is Cc1nc2scc(CC(=O)NC(C)C)n2c(=O)c1-c1cc(C)n(-c2cccc(F)c2)n1. The van der Waals surface area contributed by atoms with E-state index >= 15 is 0 Å². The molecule has 3 aromatic heterocycles. The number of aryl methyl sites for hydroxylation is 2. The molecule has 0 aliphatic heterocycles.